The molecule has 0 aliphatic carbocycles. The zero-order valence-electron chi connectivity index (χ0n) is 10.3. The summed E-state index contributed by atoms with van der Waals surface area (Å²) in [5.74, 6) is -0.421. The van der Waals surface area contributed by atoms with Crippen molar-refractivity contribution in [2.24, 2.45) is 11.7 Å². The van der Waals surface area contributed by atoms with Gasteiger partial charge in [0.1, 0.15) is 22.0 Å². The molecule has 2 unspecified atom stereocenters. The third kappa shape index (κ3) is 6.79. The molecule has 0 aromatic carbocycles. The predicted molar refractivity (Wildman–Crippen MR) is 62.7 cm³/mol. The van der Waals surface area contributed by atoms with Gasteiger partial charge in [0.25, 0.3) is 0 Å². The fourth-order valence-corrected chi connectivity index (χ4v) is 1.55. The molecule has 0 saturated carbocycles. The van der Waals surface area contributed by atoms with Gasteiger partial charge in [-0.2, -0.15) is 0 Å². The van der Waals surface area contributed by atoms with Crippen LogP contribution >= 0.6 is 0 Å². The van der Waals surface area contributed by atoms with Gasteiger partial charge in [0.2, 0.25) is 0 Å². The summed E-state index contributed by atoms with van der Waals surface area (Å²) in [6.45, 7) is 5.64. The molecule has 16 heavy (non-hydrogen) atoms. The fraction of sp³-hybridized carbons (Fsp3) is 0.900. The van der Waals surface area contributed by atoms with Gasteiger partial charge < -0.3 is 10.5 Å². The molecule has 0 radical (unpaired) electrons. The van der Waals surface area contributed by atoms with E-state index in [0.29, 0.717) is 0 Å². The minimum Gasteiger partial charge on any atom is -0.461 e. The first-order chi connectivity index (χ1) is 7.13. The molecule has 0 heterocycles. The highest BCUT2D eigenvalue weighted by Gasteiger charge is 2.20. The van der Waals surface area contributed by atoms with E-state index in [9.17, 15) is 13.2 Å². The highest BCUT2D eigenvalue weighted by atomic mass is 32.2. The molecule has 2 atom stereocenters. The van der Waals surface area contributed by atoms with Crippen LogP contribution in [0.1, 0.15) is 27.2 Å². The summed E-state index contributed by atoms with van der Waals surface area (Å²) in [7, 11) is -3.09. The SMILES string of the molecule is CC(C)C(C)OC(=O)C(N)CCS(C)(=O)=O. The van der Waals surface area contributed by atoms with Crippen molar-refractivity contribution in [3.8, 4) is 0 Å². The molecule has 96 valence electrons. The van der Waals surface area contributed by atoms with Crippen LogP contribution in [0.25, 0.3) is 0 Å². The zero-order valence-corrected chi connectivity index (χ0v) is 11.1. The van der Waals surface area contributed by atoms with Crippen LogP contribution in [0.3, 0.4) is 0 Å². The lowest BCUT2D eigenvalue weighted by Crippen LogP contribution is -2.36. The van der Waals surface area contributed by atoms with Gasteiger partial charge in [-0.05, 0) is 19.3 Å². The second kappa shape index (κ2) is 6.20. The van der Waals surface area contributed by atoms with Crippen molar-refractivity contribution < 1.29 is 17.9 Å². The summed E-state index contributed by atoms with van der Waals surface area (Å²) >= 11 is 0. The minimum absolute atomic E-state index is 0.0979. The topological polar surface area (TPSA) is 86.5 Å². The largest absolute Gasteiger partial charge is 0.461 e. The van der Waals surface area contributed by atoms with Crippen LogP contribution in [0.4, 0.5) is 0 Å². The maximum Gasteiger partial charge on any atom is 0.323 e. The number of ether oxygens (including phenoxy) is 1. The molecule has 5 nitrogen and oxygen atoms in total. The smallest absolute Gasteiger partial charge is 0.323 e. The summed E-state index contributed by atoms with van der Waals surface area (Å²) in [5, 5.41) is 0. The van der Waals surface area contributed by atoms with Crippen LogP contribution < -0.4 is 5.73 Å². The lowest BCUT2D eigenvalue weighted by molar-refractivity contribution is -0.151. The van der Waals surface area contributed by atoms with E-state index in [1.807, 2.05) is 13.8 Å². The van der Waals surface area contributed by atoms with E-state index in [0.717, 1.165) is 6.26 Å². The minimum atomic E-state index is -3.09. The van der Waals surface area contributed by atoms with E-state index in [1.165, 1.54) is 0 Å². The molecule has 0 aliphatic heterocycles. The summed E-state index contributed by atoms with van der Waals surface area (Å²) in [5.41, 5.74) is 5.53. The first kappa shape index (κ1) is 15.4. The Balaban J connectivity index is 4.10. The van der Waals surface area contributed by atoms with Crippen LogP contribution in [0.5, 0.6) is 0 Å². The zero-order chi connectivity index (χ0) is 12.9. The molecule has 6 heteroatoms. The van der Waals surface area contributed by atoms with Gasteiger partial charge in [-0.15, -0.1) is 0 Å². The number of carbonyl (C=O) groups excluding carboxylic acids is 1. The molecule has 0 bridgehead atoms. The Bertz CT molecular complexity index is 324. The number of hydrogen-bond acceptors (Lipinski definition) is 5. The van der Waals surface area contributed by atoms with Crippen LogP contribution in [-0.2, 0) is 19.4 Å². The summed E-state index contributed by atoms with van der Waals surface area (Å²) in [4.78, 5) is 11.4. The Labute approximate surface area is 97.3 Å². The van der Waals surface area contributed by atoms with Gasteiger partial charge in [-0.25, -0.2) is 8.42 Å². The molecule has 0 saturated heterocycles. The van der Waals surface area contributed by atoms with E-state index >= 15 is 0 Å². The lowest BCUT2D eigenvalue weighted by Gasteiger charge is -2.19. The van der Waals surface area contributed by atoms with E-state index in [4.69, 9.17) is 10.5 Å². The Morgan fingerprint density at radius 1 is 1.31 bits per heavy atom. The molecule has 0 amide bonds. The maximum atomic E-state index is 11.4. The van der Waals surface area contributed by atoms with Gasteiger partial charge >= 0.3 is 5.97 Å². The number of esters is 1. The van der Waals surface area contributed by atoms with Gasteiger partial charge in [0.15, 0.2) is 0 Å². The third-order valence-corrected chi connectivity index (χ3v) is 3.32. The van der Waals surface area contributed by atoms with Crippen LogP contribution in [0.15, 0.2) is 0 Å². The Morgan fingerprint density at radius 3 is 2.19 bits per heavy atom. The molecule has 0 aliphatic rings. The molecule has 0 spiro atoms. The first-order valence-electron chi connectivity index (χ1n) is 5.27. The highest BCUT2D eigenvalue weighted by Crippen LogP contribution is 2.07. The first-order valence-corrected chi connectivity index (χ1v) is 7.33. The Kier molecular flexibility index (Phi) is 5.96. The number of nitrogens with two attached hydrogens (primary N) is 1. The molecule has 0 rings (SSSR count). The van der Waals surface area contributed by atoms with Gasteiger partial charge in [-0.3, -0.25) is 4.79 Å². The normalized spacial score (nSPS) is 15.9. The summed E-state index contributed by atoms with van der Waals surface area (Å²) < 4.78 is 26.8. The molecular formula is C10H21NO4S. The number of carbonyl (C=O) groups is 1. The molecular weight excluding hydrogens is 230 g/mol. The predicted octanol–water partition coefficient (Wildman–Crippen LogP) is 0.336. The van der Waals surface area contributed by atoms with Crippen molar-refractivity contribution in [2.45, 2.75) is 39.3 Å². The van der Waals surface area contributed by atoms with Gasteiger partial charge in [0, 0.05) is 6.26 Å². The van der Waals surface area contributed by atoms with Crippen molar-refractivity contribution in [3.63, 3.8) is 0 Å². The lowest BCUT2D eigenvalue weighted by atomic mass is 10.1. The molecule has 0 fully saturated rings. The Morgan fingerprint density at radius 2 is 1.81 bits per heavy atom. The Hall–Kier alpha value is -0.620. The van der Waals surface area contributed by atoms with Crippen molar-refractivity contribution in [1.29, 1.82) is 0 Å². The number of sulfone groups is 1. The van der Waals surface area contributed by atoms with Crippen molar-refractivity contribution in [3.05, 3.63) is 0 Å². The summed E-state index contributed by atoms with van der Waals surface area (Å²) in [6.07, 6.45) is 1.00. The van der Waals surface area contributed by atoms with Crippen molar-refractivity contribution in [1.82, 2.24) is 0 Å². The summed E-state index contributed by atoms with van der Waals surface area (Å²) in [6, 6.07) is -0.865. The van der Waals surface area contributed by atoms with Gasteiger partial charge in [-0.1, -0.05) is 13.8 Å². The molecule has 0 aromatic rings. The van der Waals surface area contributed by atoms with Crippen LogP contribution in [0.2, 0.25) is 0 Å². The second-order valence-corrected chi connectivity index (χ2v) is 6.67. The number of hydrogen-bond donors (Lipinski definition) is 1. The second-order valence-electron chi connectivity index (χ2n) is 4.41. The van der Waals surface area contributed by atoms with Crippen molar-refractivity contribution >= 4 is 15.8 Å². The van der Waals surface area contributed by atoms with Gasteiger partial charge in [0.05, 0.1) is 5.75 Å². The maximum absolute atomic E-state index is 11.4. The van der Waals surface area contributed by atoms with E-state index < -0.39 is 21.8 Å². The average Bonchev–Trinajstić information content (AvgIpc) is 2.12. The molecule has 0 aromatic heterocycles. The average molecular weight is 251 g/mol. The fourth-order valence-electron chi connectivity index (χ4n) is 0.866. The number of rotatable bonds is 6. The van der Waals surface area contributed by atoms with Crippen LogP contribution in [-0.4, -0.2) is 38.5 Å². The monoisotopic (exact) mass is 251 g/mol. The third-order valence-electron chi connectivity index (χ3n) is 2.34. The standard InChI is InChI=1S/C10H21NO4S/c1-7(2)8(3)15-10(12)9(11)5-6-16(4,13)14/h7-9H,5-6,11H2,1-4H3. The quantitative estimate of drug-likeness (QED) is 0.688. The molecule has 2 N–H and O–H groups in total. The van der Waals surface area contributed by atoms with Crippen LogP contribution in [0, 0.1) is 5.92 Å². The van der Waals surface area contributed by atoms with Crippen molar-refractivity contribution in [2.75, 3.05) is 12.0 Å². The highest BCUT2D eigenvalue weighted by molar-refractivity contribution is 7.90. The van der Waals surface area contributed by atoms with E-state index in [-0.39, 0.29) is 24.2 Å². The van der Waals surface area contributed by atoms with E-state index in [1.54, 1.807) is 6.92 Å². The van der Waals surface area contributed by atoms with E-state index in [2.05, 4.69) is 0 Å².